The summed E-state index contributed by atoms with van der Waals surface area (Å²) >= 11 is 0. The predicted octanol–water partition coefficient (Wildman–Crippen LogP) is 4.32. The van der Waals surface area contributed by atoms with Crippen LogP contribution in [0.15, 0.2) is 84.9 Å². The monoisotopic (exact) mass is 291 g/mol. The molecule has 0 aliphatic rings. The zero-order valence-corrected chi connectivity index (χ0v) is 12.0. The van der Waals surface area contributed by atoms with Gasteiger partial charge in [-0.15, -0.1) is 0 Å². The van der Waals surface area contributed by atoms with E-state index in [2.05, 4.69) is 12.1 Å². The summed E-state index contributed by atoms with van der Waals surface area (Å²) in [5.74, 6) is -0.879. The Kier molecular flexibility index (Phi) is 5.32. The molecular weight excluding hydrogens is 274 g/mol. The number of para-hydroxylation sites is 1. The van der Waals surface area contributed by atoms with E-state index in [1.807, 2.05) is 42.5 Å². The molecule has 3 rings (SSSR count). The van der Waals surface area contributed by atoms with Crippen molar-refractivity contribution in [2.24, 2.45) is 0 Å². The number of aromatic carboxylic acids is 1. The van der Waals surface area contributed by atoms with Crippen LogP contribution in [0.3, 0.4) is 0 Å². The molecule has 0 aromatic heterocycles. The summed E-state index contributed by atoms with van der Waals surface area (Å²) in [6.07, 6.45) is 0. The minimum Gasteiger partial charge on any atom is -0.478 e. The minimum atomic E-state index is -0.879. The highest BCUT2D eigenvalue weighted by Gasteiger charge is 1.98. The number of carboxylic acids is 1. The summed E-state index contributed by atoms with van der Waals surface area (Å²) in [6.45, 7) is 0. The third kappa shape index (κ3) is 4.21. The molecule has 0 heterocycles. The fourth-order valence-electron chi connectivity index (χ4n) is 1.96. The largest absolute Gasteiger partial charge is 0.478 e. The second-order valence-corrected chi connectivity index (χ2v) is 4.62. The molecule has 0 amide bonds. The standard InChI is InChI=1S/C12H11N.C7H6O2/c13-12-9-5-4-8-11(12)10-6-2-1-3-7-10;8-7(9)6-4-2-1-3-5-6/h1-9H,13H2;1-5H,(H,8,9). The van der Waals surface area contributed by atoms with Gasteiger partial charge >= 0.3 is 5.97 Å². The molecular formula is C19H17NO2. The van der Waals surface area contributed by atoms with Crippen molar-refractivity contribution in [1.29, 1.82) is 0 Å². The highest BCUT2D eigenvalue weighted by Crippen LogP contribution is 2.24. The van der Waals surface area contributed by atoms with Gasteiger partial charge in [-0.05, 0) is 23.8 Å². The van der Waals surface area contributed by atoms with Crippen LogP contribution >= 0.6 is 0 Å². The number of hydrogen-bond acceptors (Lipinski definition) is 2. The van der Waals surface area contributed by atoms with E-state index >= 15 is 0 Å². The predicted molar refractivity (Wildman–Crippen MR) is 89.7 cm³/mol. The fourth-order valence-corrected chi connectivity index (χ4v) is 1.96. The molecule has 0 bridgehead atoms. The molecule has 0 atom stereocenters. The van der Waals surface area contributed by atoms with Gasteiger partial charge in [0.25, 0.3) is 0 Å². The highest BCUT2D eigenvalue weighted by atomic mass is 16.4. The third-order valence-corrected chi connectivity index (χ3v) is 3.07. The summed E-state index contributed by atoms with van der Waals surface area (Å²) in [7, 11) is 0. The normalized spacial score (nSPS) is 9.45. The van der Waals surface area contributed by atoms with Crippen LogP contribution in [0.2, 0.25) is 0 Å². The van der Waals surface area contributed by atoms with E-state index in [-0.39, 0.29) is 0 Å². The van der Waals surface area contributed by atoms with Crippen LogP contribution in [0.5, 0.6) is 0 Å². The van der Waals surface area contributed by atoms with Crippen molar-refractivity contribution in [2.45, 2.75) is 0 Å². The van der Waals surface area contributed by atoms with E-state index in [1.54, 1.807) is 30.3 Å². The van der Waals surface area contributed by atoms with Gasteiger partial charge in [-0.2, -0.15) is 0 Å². The van der Waals surface area contributed by atoms with Crippen LogP contribution in [0.4, 0.5) is 5.69 Å². The zero-order chi connectivity index (χ0) is 15.8. The molecule has 3 nitrogen and oxygen atoms in total. The van der Waals surface area contributed by atoms with E-state index in [0.29, 0.717) is 5.56 Å². The second-order valence-electron chi connectivity index (χ2n) is 4.62. The summed E-state index contributed by atoms with van der Waals surface area (Å²) in [6, 6.07) is 26.3. The van der Waals surface area contributed by atoms with Gasteiger partial charge in [0.05, 0.1) is 5.56 Å². The molecule has 0 fully saturated rings. The number of anilines is 1. The molecule has 0 unspecified atom stereocenters. The van der Waals surface area contributed by atoms with Crippen molar-refractivity contribution >= 4 is 11.7 Å². The molecule has 3 heteroatoms. The molecule has 0 aliphatic heterocycles. The molecule has 0 saturated heterocycles. The number of nitrogens with two attached hydrogens (primary N) is 1. The van der Waals surface area contributed by atoms with Crippen molar-refractivity contribution in [3.63, 3.8) is 0 Å². The van der Waals surface area contributed by atoms with Crippen molar-refractivity contribution in [1.82, 2.24) is 0 Å². The van der Waals surface area contributed by atoms with E-state index in [9.17, 15) is 4.79 Å². The first kappa shape index (κ1) is 15.3. The Labute approximate surface area is 129 Å². The first-order valence-electron chi connectivity index (χ1n) is 6.87. The SMILES string of the molecule is Nc1ccccc1-c1ccccc1.O=C(O)c1ccccc1. The van der Waals surface area contributed by atoms with Crippen molar-refractivity contribution in [3.05, 3.63) is 90.5 Å². The minimum absolute atomic E-state index is 0.331. The van der Waals surface area contributed by atoms with E-state index in [0.717, 1.165) is 11.3 Å². The molecule has 110 valence electrons. The Balaban J connectivity index is 0.000000172. The Morgan fingerprint density at radius 1 is 0.727 bits per heavy atom. The molecule has 0 radical (unpaired) electrons. The Morgan fingerprint density at radius 2 is 1.23 bits per heavy atom. The average molecular weight is 291 g/mol. The number of carboxylic acid groups (broad SMARTS) is 1. The van der Waals surface area contributed by atoms with Crippen LogP contribution < -0.4 is 5.73 Å². The number of nitrogen functional groups attached to an aromatic ring is 1. The Hall–Kier alpha value is -3.07. The molecule has 0 spiro atoms. The van der Waals surface area contributed by atoms with Gasteiger partial charge in [-0.3, -0.25) is 0 Å². The molecule has 0 saturated carbocycles. The second kappa shape index (κ2) is 7.64. The van der Waals surface area contributed by atoms with Crippen molar-refractivity contribution in [2.75, 3.05) is 5.73 Å². The maximum atomic E-state index is 10.2. The van der Waals surface area contributed by atoms with Crippen LogP contribution in [-0.4, -0.2) is 11.1 Å². The molecule has 3 aromatic rings. The van der Waals surface area contributed by atoms with Gasteiger partial charge in [-0.25, -0.2) is 4.79 Å². The van der Waals surface area contributed by atoms with Gasteiger partial charge in [0.2, 0.25) is 0 Å². The van der Waals surface area contributed by atoms with Crippen molar-refractivity contribution in [3.8, 4) is 11.1 Å². The van der Waals surface area contributed by atoms with E-state index in [1.165, 1.54) is 5.56 Å². The first-order chi connectivity index (χ1) is 10.7. The van der Waals surface area contributed by atoms with Crippen molar-refractivity contribution < 1.29 is 9.90 Å². The third-order valence-electron chi connectivity index (χ3n) is 3.07. The lowest BCUT2D eigenvalue weighted by Crippen LogP contribution is -1.93. The number of hydrogen-bond donors (Lipinski definition) is 2. The van der Waals surface area contributed by atoms with Crippen LogP contribution in [0.1, 0.15) is 10.4 Å². The lowest BCUT2D eigenvalue weighted by molar-refractivity contribution is 0.0697. The van der Waals surface area contributed by atoms with E-state index in [4.69, 9.17) is 10.8 Å². The molecule has 3 N–H and O–H groups in total. The summed E-state index contributed by atoms with van der Waals surface area (Å²) in [5, 5.41) is 8.38. The molecule has 3 aromatic carbocycles. The molecule has 22 heavy (non-hydrogen) atoms. The van der Waals surface area contributed by atoms with Crippen LogP contribution in [-0.2, 0) is 0 Å². The van der Waals surface area contributed by atoms with E-state index < -0.39 is 5.97 Å². The number of carbonyl (C=O) groups is 1. The van der Waals surface area contributed by atoms with Gasteiger partial charge in [-0.1, -0.05) is 66.7 Å². The summed E-state index contributed by atoms with van der Waals surface area (Å²) in [5.41, 5.74) is 9.28. The average Bonchev–Trinajstić information content (AvgIpc) is 2.57. The smallest absolute Gasteiger partial charge is 0.335 e. The van der Waals surface area contributed by atoms with Crippen LogP contribution in [0.25, 0.3) is 11.1 Å². The first-order valence-corrected chi connectivity index (χ1v) is 6.87. The number of benzene rings is 3. The highest BCUT2D eigenvalue weighted by molar-refractivity contribution is 5.87. The zero-order valence-electron chi connectivity index (χ0n) is 12.0. The quantitative estimate of drug-likeness (QED) is 0.691. The molecule has 0 aliphatic carbocycles. The summed E-state index contributed by atoms with van der Waals surface area (Å²) < 4.78 is 0. The fraction of sp³-hybridized carbons (Fsp3) is 0. The maximum absolute atomic E-state index is 10.2. The number of rotatable bonds is 2. The Bertz CT molecular complexity index is 725. The topological polar surface area (TPSA) is 63.3 Å². The van der Waals surface area contributed by atoms with Gasteiger partial charge in [0.15, 0.2) is 0 Å². The van der Waals surface area contributed by atoms with Gasteiger partial charge in [0, 0.05) is 11.3 Å². The van der Waals surface area contributed by atoms with Gasteiger partial charge in [0.1, 0.15) is 0 Å². The lowest BCUT2D eigenvalue weighted by atomic mass is 10.0. The maximum Gasteiger partial charge on any atom is 0.335 e. The lowest BCUT2D eigenvalue weighted by Gasteiger charge is -2.03. The summed E-state index contributed by atoms with van der Waals surface area (Å²) in [4.78, 5) is 10.2. The van der Waals surface area contributed by atoms with Gasteiger partial charge < -0.3 is 10.8 Å². The van der Waals surface area contributed by atoms with Crippen LogP contribution in [0, 0.1) is 0 Å². The Morgan fingerprint density at radius 3 is 1.73 bits per heavy atom.